The van der Waals surface area contributed by atoms with Gasteiger partial charge in [0, 0.05) is 16.9 Å². The Bertz CT molecular complexity index is 401. The molecule has 16 heavy (non-hydrogen) atoms. The van der Waals surface area contributed by atoms with Gasteiger partial charge in [-0.3, -0.25) is 0 Å². The largest absolute Gasteiger partial charge is 0.383 e. The Balaban J connectivity index is 2.09. The van der Waals surface area contributed by atoms with Gasteiger partial charge in [0.1, 0.15) is 17.5 Å². The Hall–Kier alpha value is -0.970. The molecule has 1 aromatic rings. The molecule has 0 saturated heterocycles. The number of aryl methyl sites for hydroxylation is 1. The smallest absolute Gasteiger partial charge is 0.134 e. The zero-order chi connectivity index (χ0) is 11.8. The predicted molar refractivity (Wildman–Crippen MR) is 69.9 cm³/mol. The second-order valence-corrected chi connectivity index (χ2v) is 5.64. The van der Waals surface area contributed by atoms with Crippen molar-refractivity contribution in [3.8, 4) is 0 Å². The fourth-order valence-corrected chi connectivity index (χ4v) is 2.39. The van der Waals surface area contributed by atoms with E-state index in [9.17, 15) is 0 Å². The molecule has 88 valence electrons. The third-order valence-corrected chi connectivity index (χ3v) is 4.53. The Morgan fingerprint density at radius 3 is 2.62 bits per heavy atom. The summed E-state index contributed by atoms with van der Waals surface area (Å²) < 4.78 is 0.431. The molecule has 5 heteroatoms. The van der Waals surface area contributed by atoms with E-state index in [4.69, 9.17) is 5.73 Å². The maximum atomic E-state index is 5.81. The molecule has 0 atom stereocenters. The number of thioether (sulfide) groups is 1. The first-order valence-electron chi connectivity index (χ1n) is 5.46. The van der Waals surface area contributed by atoms with Crippen LogP contribution in [0.3, 0.4) is 0 Å². The average Bonchev–Trinajstić information content (AvgIpc) is 3.02. The van der Waals surface area contributed by atoms with Gasteiger partial charge in [0.15, 0.2) is 0 Å². The molecular formula is C11H18N4S. The first-order chi connectivity index (χ1) is 7.56. The van der Waals surface area contributed by atoms with Crippen molar-refractivity contribution >= 4 is 23.4 Å². The third-order valence-electron chi connectivity index (χ3n) is 3.11. The van der Waals surface area contributed by atoms with E-state index < -0.39 is 0 Å². The van der Waals surface area contributed by atoms with Crippen LogP contribution in [-0.2, 0) is 0 Å². The van der Waals surface area contributed by atoms with E-state index in [1.165, 1.54) is 12.8 Å². The van der Waals surface area contributed by atoms with Crippen LogP contribution in [0.4, 0.5) is 11.6 Å². The molecule has 1 aliphatic rings. The number of nitrogens with two attached hydrogens (primary N) is 1. The van der Waals surface area contributed by atoms with E-state index in [1.807, 2.05) is 25.6 Å². The lowest BCUT2D eigenvalue weighted by molar-refractivity contribution is 0.925. The number of hydrogen-bond acceptors (Lipinski definition) is 5. The lowest BCUT2D eigenvalue weighted by Crippen LogP contribution is -2.19. The molecule has 2 rings (SSSR count). The molecule has 0 unspecified atom stereocenters. The van der Waals surface area contributed by atoms with Crippen LogP contribution in [0.1, 0.15) is 24.2 Å². The minimum atomic E-state index is 0.431. The topological polar surface area (TPSA) is 63.8 Å². The van der Waals surface area contributed by atoms with Crippen molar-refractivity contribution in [2.45, 2.75) is 31.4 Å². The first-order valence-corrected chi connectivity index (χ1v) is 6.68. The standard InChI is InChI=1S/C11H18N4S/c1-7-9(12)14-8(2)15-10(7)13-6-11(16-3)4-5-11/h4-6H2,1-3H3,(H3,12,13,14,15). The van der Waals surface area contributed by atoms with Gasteiger partial charge in [0.25, 0.3) is 0 Å². The highest BCUT2D eigenvalue weighted by molar-refractivity contribution is 8.00. The highest BCUT2D eigenvalue weighted by atomic mass is 32.2. The molecule has 1 heterocycles. The summed E-state index contributed by atoms with van der Waals surface area (Å²) >= 11 is 1.93. The van der Waals surface area contributed by atoms with Crippen molar-refractivity contribution in [2.24, 2.45) is 0 Å². The van der Waals surface area contributed by atoms with Crippen LogP contribution in [0.5, 0.6) is 0 Å². The van der Waals surface area contributed by atoms with Crippen molar-refractivity contribution in [3.63, 3.8) is 0 Å². The summed E-state index contributed by atoms with van der Waals surface area (Å²) in [4.78, 5) is 8.52. The third kappa shape index (κ3) is 2.24. The van der Waals surface area contributed by atoms with Gasteiger partial charge in [-0.2, -0.15) is 11.8 Å². The minimum Gasteiger partial charge on any atom is -0.383 e. The van der Waals surface area contributed by atoms with Crippen molar-refractivity contribution in [1.29, 1.82) is 0 Å². The number of nitrogens with one attached hydrogen (secondary N) is 1. The van der Waals surface area contributed by atoms with Gasteiger partial charge in [-0.05, 0) is 32.9 Å². The lowest BCUT2D eigenvalue weighted by atomic mass is 10.3. The van der Waals surface area contributed by atoms with E-state index in [0.717, 1.165) is 23.8 Å². The van der Waals surface area contributed by atoms with Crippen molar-refractivity contribution in [3.05, 3.63) is 11.4 Å². The SMILES string of the molecule is CSC1(CNc2nc(C)nc(N)c2C)CC1. The van der Waals surface area contributed by atoms with Crippen molar-refractivity contribution < 1.29 is 0 Å². The summed E-state index contributed by atoms with van der Waals surface area (Å²) in [7, 11) is 0. The number of nitrogens with zero attached hydrogens (tertiary/aromatic N) is 2. The zero-order valence-corrected chi connectivity index (χ0v) is 10.8. The molecule has 3 N–H and O–H groups in total. The van der Waals surface area contributed by atoms with Crippen LogP contribution in [0, 0.1) is 13.8 Å². The number of anilines is 2. The molecule has 0 spiro atoms. The predicted octanol–water partition coefficient (Wildman–Crippen LogP) is 1.98. The van der Waals surface area contributed by atoms with E-state index in [1.54, 1.807) is 0 Å². The second kappa shape index (κ2) is 4.13. The van der Waals surface area contributed by atoms with Crippen LogP contribution < -0.4 is 11.1 Å². The molecular weight excluding hydrogens is 220 g/mol. The first kappa shape index (κ1) is 11.5. The molecule has 0 radical (unpaired) electrons. The average molecular weight is 238 g/mol. The number of nitrogen functional groups attached to an aromatic ring is 1. The van der Waals surface area contributed by atoms with E-state index >= 15 is 0 Å². The van der Waals surface area contributed by atoms with Gasteiger partial charge >= 0.3 is 0 Å². The van der Waals surface area contributed by atoms with Gasteiger partial charge in [0.2, 0.25) is 0 Å². The summed E-state index contributed by atoms with van der Waals surface area (Å²) in [5.74, 6) is 2.17. The fourth-order valence-electron chi connectivity index (χ4n) is 1.66. The van der Waals surface area contributed by atoms with Crippen LogP contribution >= 0.6 is 11.8 Å². The van der Waals surface area contributed by atoms with E-state index in [2.05, 4.69) is 21.5 Å². The minimum absolute atomic E-state index is 0.431. The van der Waals surface area contributed by atoms with E-state index in [0.29, 0.717) is 10.6 Å². The Morgan fingerprint density at radius 2 is 2.06 bits per heavy atom. The maximum Gasteiger partial charge on any atom is 0.134 e. The molecule has 0 bridgehead atoms. The molecule has 0 aromatic carbocycles. The molecule has 0 aliphatic heterocycles. The molecule has 1 fully saturated rings. The van der Waals surface area contributed by atoms with Crippen molar-refractivity contribution in [2.75, 3.05) is 23.9 Å². The number of aromatic nitrogens is 2. The molecule has 4 nitrogen and oxygen atoms in total. The summed E-state index contributed by atoms with van der Waals surface area (Å²) in [6.45, 7) is 4.78. The van der Waals surface area contributed by atoms with Gasteiger partial charge in [0.05, 0.1) is 0 Å². The monoisotopic (exact) mass is 238 g/mol. The molecule has 0 amide bonds. The summed E-state index contributed by atoms with van der Waals surface area (Å²) in [6.07, 6.45) is 4.75. The lowest BCUT2D eigenvalue weighted by Gasteiger charge is -2.15. The van der Waals surface area contributed by atoms with Crippen LogP contribution in [0.25, 0.3) is 0 Å². The summed E-state index contributed by atoms with van der Waals surface area (Å²) in [6, 6.07) is 0. The normalized spacial score (nSPS) is 17.2. The summed E-state index contributed by atoms with van der Waals surface area (Å²) in [5.41, 5.74) is 6.76. The molecule has 1 saturated carbocycles. The quantitative estimate of drug-likeness (QED) is 0.840. The second-order valence-electron chi connectivity index (χ2n) is 4.37. The Labute approximate surface area is 100 Å². The summed E-state index contributed by atoms with van der Waals surface area (Å²) in [5, 5.41) is 3.40. The number of rotatable bonds is 4. The van der Waals surface area contributed by atoms with Gasteiger partial charge in [-0.1, -0.05) is 0 Å². The number of hydrogen-bond donors (Lipinski definition) is 2. The maximum absolute atomic E-state index is 5.81. The molecule has 1 aliphatic carbocycles. The van der Waals surface area contributed by atoms with Crippen molar-refractivity contribution in [1.82, 2.24) is 9.97 Å². The van der Waals surface area contributed by atoms with Gasteiger partial charge < -0.3 is 11.1 Å². The fraction of sp³-hybridized carbons (Fsp3) is 0.636. The highest BCUT2D eigenvalue weighted by Crippen LogP contribution is 2.47. The van der Waals surface area contributed by atoms with Crippen LogP contribution in [0.15, 0.2) is 0 Å². The molecule has 1 aromatic heterocycles. The zero-order valence-electron chi connectivity index (χ0n) is 10.0. The Morgan fingerprint density at radius 1 is 1.38 bits per heavy atom. The van der Waals surface area contributed by atoms with Gasteiger partial charge in [-0.15, -0.1) is 0 Å². The Kier molecular flexibility index (Phi) is 2.97. The van der Waals surface area contributed by atoms with Crippen LogP contribution in [0.2, 0.25) is 0 Å². The van der Waals surface area contributed by atoms with Gasteiger partial charge in [-0.25, -0.2) is 9.97 Å². The highest BCUT2D eigenvalue weighted by Gasteiger charge is 2.41. The van der Waals surface area contributed by atoms with Crippen LogP contribution in [-0.4, -0.2) is 27.5 Å². The van der Waals surface area contributed by atoms with E-state index in [-0.39, 0.29) is 0 Å².